The molecule has 0 saturated carbocycles. The molecule has 0 saturated heterocycles. The summed E-state index contributed by atoms with van der Waals surface area (Å²) >= 11 is 0. The van der Waals surface area contributed by atoms with Gasteiger partial charge in [0.15, 0.2) is 17.4 Å². The molecule has 3 N–H and O–H groups in total. The molecule has 119 valence electrons. The number of nitrogens with zero attached hydrogens (tertiary/aromatic N) is 1. The van der Waals surface area contributed by atoms with Crippen molar-refractivity contribution in [3.63, 3.8) is 0 Å². The van der Waals surface area contributed by atoms with E-state index in [0.717, 1.165) is 17.7 Å². The van der Waals surface area contributed by atoms with Crippen molar-refractivity contribution in [3.8, 4) is 28.0 Å². The fourth-order valence-corrected chi connectivity index (χ4v) is 2.26. The summed E-state index contributed by atoms with van der Waals surface area (Å²) in [6.07, 6.45) is 1.45. The minimum atomic E-state index is -1.03. The first kappa shape index (κ1) is 15.6. The van der Waals surface area contributed by atoms with Crippen molar-refractivity contribution in [2.24, 2.45) is 5.73 Å². The number of carbonyl (C=O) groups excluding carboxylic acids is 1. The monoisotopic (exact) mass is 325 g/mol. The highest BCUT2D eigenvalue weighted by atomic mass is 19.1. The molecule has 0 aliphatic heterocycles. The van der Waals surface area contributed by atoms with Crippen molar-refractivity contribution in [3.05, 3.63) is 72.1 Å². The van der Waals surface area contributed by atoms with Crippen LogP contribution in [0.1, 0.15) is 10.5 Å². The third-order valence-corrected chi connectivity index (χ3v) is 3.48. The van der Waals surface area contributed by atoms with Crippen LogP contribution >= 0.6 is 0 Å². The highest BCUT2D eigenvalue weighted by Crippen LogP contribution is 2.29. The Bertz CT molecular complexity index is 902. The van der Waals surface area contributed by atoms with E-state index < -0.39 is 23.3 Å². The number of pyridine rings is 1. The first-order chi connectivity index (χ1) is 11.5. The first-order valence-electron chi connectivity index (χ1n) is 6.92. The molecule has 2 aromatic carbocycles. The molecule has 0 aliphatic carbocycles. The molecule has 0 atom stereocenters. The third kappa shape index (κ3) is 2.94. The number of halogens is 2. The summed E-state index contributed by atoms with van der Waals surface area (Å²) in [6, 6.07) is 13.3. The molecule has 0 bridgehead atoms. The Morgan fingerprint density at radius 3 is 2.17 bits per heavy atom. The molecule has 1 amide bonds. The molecule has 0 aliphatic rings. The Hall–Kier alpha value is -3.28. The van der Waals surface area contributed by atoms with Crippen molar-refractivity contribution in [2.75, 3.05) is 0 Å². The first-order valence-corrected chi connectivity index (χ1v) is 6.92. The number of phenolic OH excluding ortho intramolecular Hbond substituents is 1. The van der Waals surface area contributed by atoms with Crippen LogP contribution in [0.4, 0.5) is 8.78 Å². The number of phenols is 1. The lowest BCUT2D eigenvalue weighted by molar-refractivity contribution is 0.0995. The van der Waals surface area contributed by atoms with Gasteiger partial charge in [-0.25, -0.2) is 8.78 Å². The lowest BCUT2D eigenvalue weighted by atomic mass is 10.00. The molecular weight excluding hydrogens is 314 g/mol. The molecule has 0 unspecified atom stereocenters. The third-order valence-electron chi connectivity index (χ3n) is 3.48. The van der Waals surface area contributed by atoms with E-state index in [-0.39, 0.29) is 5.69 Å². The quantitative estimate of drug-likeness (QED) is 0.776. The lowest BCUT2D eigenvalue weighted by Gasteiger charge is -2.07. The van der Waals surface area contributed by atoms with Gasteiger partial charge in [0.2, 0.25) is 0 Å². The van der Waals surface area contributed by atoms with Gasteiger partial charge in [0.1, 0.15) is 5.69 Å². The molecule has 24 heavy (non-hydrogen) atoms. The predicted octanol–water partition coefficient (Wildman–Crippen LogP) is 3.30. The maximum atomic E-state index is 13.4. The minimum Gasteiger partial charge on any atom is -0.503 e. The van der Waals surface area contributed by atoms with E-state index in [0.29, 0.717) is 16.7 Å². The molecule has 3 aromatic rings. The Kier molecular flexibility index (Phi) is 3.95. The van der Waals surface area contributed by atoms with Gasteiger partial charge in [-0.05, 0) is 40.5 Å². The van der Waals surface area contributed by atoms with Gasteiger partial charge in [-0.2, -0.15) is 0 Å². The maximum Gasteiger partial charge on any atom is 0.267 e. The molecule has 0 fully saturated rings. The van der Waals surface area contributed by atoms with E-state index in [4.69, 9.17) is 10.8 Å². The molecule has 4 nitrogen and oxygen atoms in total. The number of benzene rings is 2. The smallest absolute Gasteiger partial charge is 0.267 e. The van der Waals surface area contributed by atoms with Gasteiger partial charge < -0.3 is 10.8 Å². The van der Waals surface area contributed by atoms with Gasteiger partial charge in [-0.3, -0.25) is 9.78 Å². The molecule has 1 heterocycles. The summed E-state index contributed by atoms with van der Waals surface area (Å²) in [5, 5.41) is 9.14. The summed E-state index contributed by atoms with van der Waals surface area (Å²) in [4.78, 5) is 15.0. The van der Waals surface area contributed by atoms with Gasteiger partial charge in [0.25, 0.3) is 5.91 Å². The average Bonchev–Trinajstić information content (AvgIpc) is 2.59. The van der Waals surface area contributed by atoms with Crippen molar-refractivity contribution in [2.45, 2.75) is 0 Å². The highest BCUT2D eigenvalue weighted by molar-refractivity contribution is 5.91. The number of carbonyl (C=O) groups is 1. The second-order valence-electron chi connectivity index (χ2n) is 5.06. The molecule has 3 rings (SSSR count). The van der Waals surface area contributed by atoms with Crippen LogP contribution in [0.25, 0.3) is 22.3 Å². The van der Waals surface area contributed by atoms with E-state index in [1.54, 1.807) is 30.3 Å². The fourth-order valence-electron chi connectivity index (χ4n) is 2.26. The maximum absolute atomic E-state index is 13.4. The van der Waals surface area contributed by atoms with Crippen molar-refractivity contribution in [1.29, 1.82) is 0 Å². The fraction of sp³-hybridized carbons (Fsp3) is 0. The number of nitrogens with two attached hydrogens (primary N) is 1. The average molecular weight is 325 g/mol. The summed E-state index contributed by atoms with van der Waals surface area (Å²) in [6.45, 7) is 0. The Morgan fingerprint density at radius 2 is 1.58 bits per heavy atom. The number of hydrogen-bond donors (Lipinski definition) is 2. The summed E-state index contributed by atoms with van der Waals surface area (Å²) in [5.74, 6) is -3.73. The van der Waals surface area contributed by atoms with Crippen LogP contribution in [0, 0.1) is 17.7 Å². The number of aromatic nitrogens is 1. The van der Waals surface area contributed by atoms with Crippen molar-refractivity contribution >= 4 is 5.91 Å². The van der Waals surface area contributed by atoms with E-state index in [1.165, 1.54) is 6.20 Å². The second-order valence-corrected chi connectivity index (χ2v) is 5.06. The number of hydrogen-bond acceptors (Lipinski definition) is 3. The topological polar surface area (TPSA) is 76.2 Å². The van der Waals surface area contributed by atoms with Crippen LogP contribution in [0.3, 0.4) is 0 Å². The molecule has 1 radical (unpaired) electrons. The van der Waals surface area contributed by atoms with Crippen LogP contribution in [-0.4, -0.2) is 16.0 Å². The minimum absolute atomic E-state index is 0.0271. The van der Waals surface area contributed by atoms with E-state index >= 15 is 0 Å². The zero-order valence-corrected chi connectivity index (χ0v) is 12.3. The lowest BCUT2D eigenvalue weighted by Crippen LogP contribution is -2.12. The number of primary amides is 1. The Morgan fingerprint density at radius 1 is 1.00 bits per heavy atom. The highest BCUT2D eigenvalue weighted by Gasteiger charge is 2.11. The summed E-state index contributed by atoms with van der Waals surface area (Å²) in [7, 11) is 0. The molecule has 0 spiro atoms. The summed E-state index contributed by atoms with van der Waals surface area (Å²) < 4.78 is 26.9. The largest absolute Gasteiger partial charge is 0.503 e. The van der Waals surface area contributed by atoms with Crippen LogP contribution in [0.2, 0.25) is 0 Å². The molecular formula is C18H11F2N2O2. The molecule has 1 aromatic heterocycles. The van der Waals surface area contributed by atoms with Gasteiger partial charge in [0, 0.05) is 12.3 Å². The number of amides is 1. The van der Waals surface area contributed by atoms with E-state index in [1.807, 2.05) is 0 Å². The van der Waals surface area contributed by atoms with Crippen molar-refractivity contribution < 1.29 is 18.7 Å². The van der Waals surface area contributed by atoms with Crippen LogP contribution in [0.5, 0.6) is 5.75 Å². The normalized spacial score (nSPS) is 10.6. The van der Waals surface area contributed by atoms with Gasteiger partial charge in [0.05, 0.1) is 0 Å². The second kappa shape index (κ2) is 6.08. The van der Waals surface area contributed by atoms with E-state index in [9.17, 15) is 13.6 Å². The Balaban J connectivity index is 1.97. The van der Waals surface area contributed by atoms with Crippen LogP contribution in [0.15, 0.2) is 48.7 Å². The standard InChI is InChI=1S/C18H11F2N2O2/c19-14-7-13(8-15(20)17(14)23)11-3-1-10(2-4-11)12-5-6-22-16(9-12)18(21)24/h1-8,23H,(H2,21,24). The van der Waals surface area contributed by atoms with Crippen LogP contribution < -0.4 is 5.73 Å². The SMILES string of the molecule is NC(=O)c1[c]c(-c2ccc(-c3cc(F)c(O)c(F)c3)cc2)ccn1. The number of aromatic hydroxyl groups is 1. The van der Waals surface area contributed by atoms with Gasteiger partial charge >= 0.3 is 0 Å². The predicted molar refractivity (Wildman–Crippen MR) is 84.0 cm³/mol. The van der Waals surface area contributed by atoms with Crippen LogP contribution in [-0.2, 0) is 0 Å². The number of rotatable bonds is 3. The van der Waals surface area contributed by atoms with Gasteiger partial charge in [-0.1, -0.05) is 24.3 Å². The van der Waals surface area contributed by atoms with Crippen molar-refractivity contribution in [1.82, 2.24) is 4.98 Å². The molecule has 6 heteroatoms. The Labute approximate surface area is 136 Å². The van der Waals surface area contributed by atoms with E-state index in [2.05, 4.69) is 11.1 Å². The zero-order chi connectivity index (χ0) is 17.3. The van der Waals surface area contributed by atoms with Gasteiger partial charge in [-0.15, -0.1) is 0 Å². The zero-order valence-electron chi connectivity index (χ0n) is 12.3. The summed E-state index contributed by atoms with van der Waals surface area (Å²) in [5.41, 5.74) is 7.43.